The van der Waals surface area contributed by atoms with Crippen LogP contribution in [0.4, 0.5) is 5.69 Å². The molecule has 108 valence electrons. The molecule has 1 N–H and O–H groups in total. The van der Waals surface area contributed by atoms with E-state index < -0.39 is 0 Å². The Morgan fingerprint density at radius 2 is 1.95 bits per heavy atom. The number of hydrogen-bond acceptors (Lipinski definition) is 2. The van der Waals surface area contributed by atoms with Gasteiger partial charge >= 0.3 is 0 Å². The van der Waals surface area contributed by atoms with Crippen molar-refractivity contribution in [1.29, 1.82) is 0 Å². The average molecular weight is 272 g/mol. The molecule has 3 nitrogen and oxygen atoms in total. The van der Waals surface area contributed by atoms with Crippen LogP contribution in [0.25, 0.3) is 0 Å². The first kappa shape index (κ1) is 13.5. The number of anilines is 1. The summed E-state index contributed by atoms with van der Waals surface area (Å²) in [5.74, 6) is 1.80. The van der Waals surface area contributed by atoms with E-state index in [9.17, 15) is 4.79 Å². The molecule has 2 aliphatic heterocycles. The zero-order valence-corrected chi connectivity index (χ0v) is 12.4. The third kappa shape index (κ3) is 2.54. The van der Waals surface area contributed by atoms with E-state index >= 15 is 0 Å². The lowest BCUT2D eigenvalue weighted by Gasteiger charge is -2.35. The van der Waals surface area contributed by atoms with E-state index in [4.69, 9.17) is 0 Å². The Morgan fingerprint density at radius 3 is 2.60 bits per heavy atom. The van der Waals surface area contributed by atoms with Crippen molar-refractivity contribution < 1.29 is 4.79 Å². The summed E-state index contributed by atoms with van der Waals surface area (Å²) in [7, 11) is 0. The monoisotopic (exact) mass is 272 g/mol. The molecule has 1 atom stereocenters. The van der Waals surface area contributed by atoms with Crippen LogP contribution in [-0.4, -0.2) is 29.9 Å². The molecule has 1 aromatic carbocycles. The van der Waals surface area contributed by atoms with Gasteiger partial charge in [-0.1, -0.05) is 32.0 Å². The number of hydrogen-bond donors (Lipinski definition) is 1. The number of likely N-dealkylation sites (tertiary alicyclic amines) is 1. The van der Waals surface area contributed by atoms with E-state index in [-0.39, 0.29) is 11.9 Å². The second-order valence-corrected chi connectivity index (χ2v) is 6.46. The van der Waals surface area contributed by atoms with Crippen molar-refractivity contribution in [2.24, 2.45) is 11.8 Å². The summed E-state index contributed by atoms with van der Waals surface area (Å²) in [5, 5.41) is 3.37. The second-order valence-electron chi connectivity index (χ2n) is 6.46. The van der Waals surface area contributed by atoms with Gasteiger partial charge in [0.05, 0.1) is 0 Å². The molecule has 1 fully saturated rings. The molecule has 2 heterocycles. The predicted octanol–water partition coefficient (Wildman–Crippen LogP) is 2.92. The summed E-state index contributed by atoms with van der Waals surface area (Å²) in [5.41, 5.74) is 2.39. The zero-order chi connectivity index (χ0) is 14.1. The number of nitrogens with zero attached hydrogens (tertiary/aromatic N) is 1. The van der Waals surface area contributed by atoms with E-state index in [1.165, 1.54) is 5.56 Å². The third-order valence-corrected chi connectivity index (χ3v) is 4.86. The Hall–Kier alpha value is -1.51. The van der Waals surface area contributed by atoms with Gasteiger partial charge in [0, 0.05) is 25.2 Å². The van der Waals surface area contributed by atoms with Crippen molar-refractivity contribution in [3.63, 3.8) is 0 Å². The molecule has 3 rings (SSSR count). The van der Waals surface area contributed by atoms with Gasteiger partial charge in [0.25, 0.3) is 0 Å². The highest BCUT2D eigenvalue weighted by Crippen LogP contribution is 2.28. The SMILES string of the molecule is CC(C)C1CCN(C(=O)C2Cc3ccccc3N2)CC1. The fourth-order valence-corrected chi connectivity index (χ4v) is 3.45. The lowest BCUT2D eigenvalue weighted by Crippen LogP contribution is -2.46. The van der Waals surface area contributed by atoms with Gasteiger partial charge in [0.2, 0.25) is 5.91 Å². The quantitative estimate of drug-likeness (QED) is 0.898. The van der Waals surface area contributed by atoms with Crippen LogP contribution in [0.3, 0.4) is 0 Å². The van der Waals surface area contributed by atoms with Crippen molar-refractivity contribution in [3.8, 4) is 0 Å². The van der Waals surface area contributed by atoms with Crippen molar-refractivity contribution >= 4 is 11.6 Å². The second kappa shape index (κ2) is 5.47. The Kier molecular flexibility index (Phi) is 3.68. The standard InChI is InChI=1S/C17H24N2O/c1-12(2)13-7-9-19(10-8-13)17(20)16-11-14-5-3-4-6-15(14)18-16/h3-6,12-13,16,18H,7-11H2,1-2H3. The number of carbonyl (C=O) groups is 1. The van der Waals surface area contributed by atoms with Gasteiger partial charge in [-0.25, -0.2) is 0 Å². The Balaban J connectivity index is 1.59. The maximum absolute atomic E-state index is 12.6. The fraction of sp³-hybridized carbons (Fsp3) is 0.588. The predicted molar refractivity (Wildman–Crippen MR) is 81.7 cm³/mol. The van der Waals surface area contributed by atoms with E-state index in [1.807, 2.05) is 12.1 Å². The van der Waals surface area contributed by atoms with Crippen molar-refractivity contribution in [2.45, 2.75) is 39.2 Å². The lowest BCUT2D eigenvalue weighted by atomic mass is 9.86. The summed E-state index contributed by atoms with van der Waals surface area (Å²) >= 11 is 0. The Labute approximate surface area is 121 Å². The topological polar surface area (TPSA) is 32.3 Å². The molecule has 1 aromatic rings. The van der Waals surface area contributed by atoms with Crippen molar-refractivity contribution in [3.05, 3.63) is 29.8 Å². The molecular formula is C17H24N2O. The first-order chi connectivity index (χ1) is 9.65. The third-order valence-electron chi connectivity index (χ3n) is 4.86. The number of fused-ring (bicyclic) bond motifs is 1. The number of nitrogens with one attached hydrogen (secondary N) is 1. The van der Waals surface area contributed by atoms with Crippen LogP contribution in [0.1, 0.15) is 32.3 Å². The largest absolute Gasteiger partial charge is 0.373 e. The summed E-state index contributed by atoms with van der Waals surface area (Å²) in [6, 6.07) is 8.19. The summed E-state index contributed by atoms with van der Waals surface area (Å²) in [6.45, 7) is 6.43. The number of piperidine rings is 1. The Bertz CT molecular complexity index is 465. The first-order valence-corrected chi connectivity index (χ1v) is 7.78. The number of carbonyl (C=O) groups excluding carboxylic acids is 1. The van der Waals surface area contributed by atoms with Gasteiger partial charge in [0.15, 0.2) is 0 Å². The molecule has 0 aliphatic carbocycles. The highest BCUT2D eigenvalue weighted by molar-refractivity contribution is 5.87. The number of rotatable bonds is 2. The maximum Gasteiger partial charge on any atom is 0.245 e. The number of benzene rings is 1. The number of amides is 1. The van der Waals surface area contributed by atoms with Gasteiger partial charge in [-0.2, -0.15) is 0 Å². The van der Waals surface area contributed by atoms with Gasteiger partial charge in [-0.05, 0) is 36.3 Å². The molecule has 1 saturated heterocycles. The minimum atomic E-state index is -0.0528. The molecule has 0 radical (unpaired) electrons. The zero-order valence-electron chi connectivity index (χ0n) is 12.4. The highest BCUT2D eigenvalue weighted by atomic mass is 16.2. The van der Waals surface area contributed by atoms with Gasteiger partial charge in [0.1, 0.15) is 6.04 Å². The van der Waals surface area contributed by atoms with Crippen LogP contribution in [-0.2, 0) is 11.2 Å². The summed E-state index contributed by atoms with van der Waals surface area (Å²) in [6.07, 6.45) is 3.14. The first-order valence-electron chi connectivity index (χ1n) is 7.78. The molecular weight excluding hydrogens is 248 g/mol. The smallest absolute Gasteiger partial charge is 0.245 e. The molecule has 1 amide bonds. The molecule has 0 saturated carbocycles. The van der Waals surface area contributed by atoms with Crippen LogP contribution in [0.15, 0.2) is 24.3 Å². The molecule has 0 bridgehead atoms. The maximum atomic E-state index is 12.6. The minimum absolute atomic E-state index is 0.0528. The summed E-state index contributed by atoms with van der Waals surface area (Å²) < 4.78 is 0. The Morgan fingerprint density at radius 1 is 1.25 bits per heavy atom. The van der Waals surface area contributed by atoms with Crippen LogP contribution in [0.2, 0.25) is 0 Å². The van der Waals surface area contributed by atoms with Crippen molar-refractivity contribution in [2.75, 3.05) is 18.4 Å². The van der Waals surface area contributed by atoms with Gasteiger partial charge in [-0.3, -0.25) is 4.79 Å². The van der Waals surface area contributed by atoms with Crippen LogP contribution < -0.4 is 5.32 Å². The average Bonchev–Trinajstić information content (AvgIpc) is 2.90. The van der Waals surface area contributed by atoms with E-state index in [0.29, 0.717) is 0 Å². The van der Waals surface area contributed by atoms with Gasteiger partial charge in [-0.15, -0.1) is 0 Å². The molecule has 20 heavy (non-hydrogen) atoms. The molecule has 1 unspecified atom stereocenters. The van der Waals surface area contributed by atoms with E-state index in [0.717, 1.165) is 49.9 Å². The van der Waals surface area contributed by atoms with Gasteiger partial charge < -0.3 is 10.2 Å². The minimum Gasteiger partial charge on any atom is -0.373 e. The van der Waals surface area contributed by atoms with E-state index in [1.54, 1.807) is 0 Å². The molecule has 0 spiro atoms. The van der Waals surface area contributed by atoms with Crippen LogP contribution in [0.5, 0.6) is 0 Å². The molecule has 3 heteroatoms. The summed E-state index contributed by atoms with van der Waals surface area (Å²) in [4.78, 5) is 14.7. The van der Waals surface area contributed by atoms with Crippen LogP contribution >= 0.6 is 0 Å². The fourth-order valence-electron chi connectivity index (χ4n) is 3.45. The molecule has 0 aromatic heterocycles. The van der Waals surface area contributed by atoms with Crippen LogP contribution in [0, 0.1) is 11.8 Å². The highest BCUT2D eigenvalue weighted by Gasteiger charge is 2.32. The number of para-hydroxylation sites is 1. The van der Waals surface area contributed by atoms with E-state index in [2.05, 4.69) is 36.2 Å². The molecule has 2 aliphatic rings. The normalized spacial score (nSPS) is 22.8. The van der Waals surface area contributed by atoms with Crippen molar-refractivity contribution in [1.82, 2.24) is 4.90 Å². The lowest BCUT2D eigenvalue weighted by molar-refractivity contribution is -0.133.